The van der Waals surface area contributed by atoms with Crippen LogP contribution < -0.4 is 16.4 Å². The quantitative estimate of drug-likeness (QED) is 0.844. The monoisotopic (exact) mass is 279 g/mol. The Bertz CT molecular complexity index is 590. The Hall–Kier alpha value is -1.85. The van der Waals surface area contributed by atoms with E-state index in [-0.39, 0.29) is 24.1 Å². The lowest BCUT2D eigenvalue weighted by molar-refractivity contribution is -0.123. The van der Waals surface area contributed by atoms with Crippen molar-refractivity contribution in [1.29, 1.82) is 0 Å². The number of hydrogen-bond acceptors (Lipinski definition) is 3. The van der Waals surface area contributed by atoms with Crippen LogP contribution in [0.1, 0.15) is 33.1 Å². The second-order valence-corrected chi connectivity index (χ2v) is 5.68. The van der Waals surface area contributed by atoms with Crippen LogP contribution in [-0.4, -0.2) is 21.7 Å². The van der Waals surface area contributed by atoms with Crippen molar-refractivity contribution in [3.8, 4) is 0 Å². The molecule has 6 nitrogen and oxygen atoms in total. The summed E-state index contributed by atoms with van der Waals surface area (Å²) in [7, 11) is 0. The second kappa shape index (κ2) is 6.07. The molecule has 20 heavy (non-hydrogen) atoms. The van der Waals surface area contributed by atoms with E-state index in [0.29, 0.717) is 11.8 Å². The van der Waals surface area contributed by atoms with Gasteiger partial charge < -0.3 is 5.32 Å². The van der Waals surface area contributed by atoms with Gasteiger partial charge in [-0.25, -0.2) is 4.68 Å². The Balaban J connectivity index is 2.00. The Morgan fingerprint density at radius 1 is 1.35 bits per heavy atom. The summed E-state index contributed by atoms with van der Waals surface area (Å²) in [6.07, 6.45) is 3.27. The number of carbonyl (C=O) groups is 1. The number of amides is 1. The van der Waals surface area contributed by atoms with Crippen LogP contribution in [0.3, 0.4) is 0 Å². The third-order valence-corrected chi connectivity index (χ3v) is 4.24. The highest BCUT2D eigenvalue weighted by atomic mass is 16.2. The van der Waals surface area contributed by atoms with Gasteiger partial charge in [0.25, 0.3) is 11.1 Å². The number of hydrogen-bond donors (Lipinski definition) is 2. The molecule has 0 spiro atoms. The summed E-state index contributed by atoms with van der Waals surface area (Å²) in [5, 5.41) is 5.32. The van der Waals surface area contributed by atoms with Crippen LogP contribution in [0, 0.1) is 11.8 Å². The third kappa shape index (κ3) is 3.37. The second-order valence-electron chi connectivity index (χ2n) is 5.68. The van der Waals surface area contributed by atoms with Gasteiger partial charge in [-0.2, -0.15) is 0 Å². The molecule has 1 aromatic heterocycles. The van der Waals surface area contributed by atoms with Crippen molar-refractivity contribution in [2.75, 3.05) is 0 Å². The minimum Gasteiger partial charge on any atom is -0.351 e. The average Bonchev–Trinajstić information content (AvgIpc) is 2.39. The Labute approximate surface area is 117 Å². The molecule has 110 valence electrons. The Morgan fingerprint density at radius 2 is 2.10 bits per heavy atom. The fourth-order valence-electron chi connectivity index (χ4n) is 2.76. The summed E-state index contributed by atoms with van der Waals surface area (Å²) in [6, 6.07) is 2.47. The molecule has 2 N–H and O–H groups in total. The number of nitrogens with zero attached hydrogens (tertiary/aromatic N) is 1. The van der Waals surface area contributed by atoms with Crippen molar-refractivity contribution in [2.45, 2.75) is 45.7 Å². The van der Waals surface area contributed by atoms with Gasteiger partial charge in [0, 0.05) is 18.2 Å². The largest absolute Gasteiger partial charge is 0.351 e. The zero-order valence-electron chi connectivity index (χ0n) is 11.9. The molecule has 0 bridgehead atoms. The molecule has 1 aliphatic rings. The molecule has 0 aromatic carbocycles. The highest BCUT2D eigenvalue weighted by molar-refractivity contribution is 5.75. The number of rotatable bonds is 3. The lowest BCUT2D eigenvalue weighted by atomic mass is 9.78. The number of aromatic amines is 1. The normalized spacial score (nSPS) is 26.2. The molecule has 1 heterocycles. The third-order valence-electron chi connectivity index (χ3n) is 4.24. The molecule has 1 fully saturated rings. The van der Waals surface area contributed by atoms with Gasteiger partial charge in [-0.15, -0.1) is 0 Å². The van der Waals surface area contributed by atoms with Crippen LogP contribution in [0.15, 0.2) is 21.7 Å². The van der Waals surface area contributed by atoms with Gasteiger partial charge in [0.1, 0.15) is 6.54 Å². The van der Waals surface area contributed by atoms with Crippen molar-refractivity contribution >= 4 is 5.91 Å². The van der Waals surface area contributed by atoms with E-state index >= 15 is 0 Å². The highest BCUT2D eigenvalue weighted by Crippen LogP contribution is 2.29. The molecule has 6 heteroatoms. The molecule has 0 saturated heterocycles. The van der Waals surface area contributed by atoms with Gasteiger partial charge in [-0.1, -0.05) is 26.7 Å². The minimum atomic E-state index is -0.392. The molecule has 0 radical (unpaired) electrons. The van der Waals surface area contributed by atoms with Crippen molar-refractivity contribution < 1.29 is 4.79 Å². The first kappa shape index (κ1) is 14.6. The van der Waals surface area contributed by atoms with E-state index < -0.39 is 5.56 Å². The maximum atomic E-state index is 12.0. The van der Waals surface area contributed by atoms with Gasteiger partial charge >= 0.3 is 0 Å². The molecule has 0 aliphatic heterocycles. The Morgan fingerprint density at radius 3 is 2.85 bits per heavy atom. The molecule has 1 aliphatic carbocycles. The number of carbonyl (C=O) groups excluding carboxylic acids is 1. The summed E-state index contributed by atoms with van der Waals surface area (Å²) in [6.45, 7) is 4.19. The summed E-state index contributed by atoms with van der Waals surface area (Å²) in [5.74, 6) is 0.785. The van der Waals surface area contributed by atoms with Crippen molar-refractivity contribution in [3.05, 3.63) is 32.8 Å². The first-order chi connectivity index (χ1) is 9.47. The van der Waals surface area contributed by atoms with Gasteiger partial charge in [-0.05, 0) is 18.3 Å². The van der Waals surface area contributed by atoms with Crippen molar-refractivity contribution in [3.63, 3.8) is 0 Å². The molecule has 3 unspecified atom stereocenters. The maximum absolute atomic E-state index is 12.0. The average molecular weight is 279 g/mol. The van der Waals surface area contributed by atoms with E-state index in [2.05, 4.69) is 24.3 Å². The van der Waals surface area contributed by atoms with E-state index in [1.54, 1.807) is 0 Å². The fourth-order valence-corrected chi connectivity index (χ4v) is 2.76. The maximum Gasteiger partial charge on any atom is 0.265 e. The predicted octanol–water partition coefficient (Wildman–Crippen LogP) is 0.477. The first-order valence-corrected chi connectivity index (χ1v) is 7.07. The van der Waals surface area contributed by atoms with Crippen molar-refractivity contribution in [2.24, 2.45) is 11.8 Å². The summed E-state index contributed by atoms with van der Waals surface area (Å²) in [4.78, 5) is 34.7. The smallest absolute Gasteiger partial charge is 0.265 e. The molecule has 1 saturated carbocycles. The molecule has 1 aromatic rings. The number of aromatic nitrogens is 2. The predicted molar refractivity (Wildman–Crippen MR) is 75.4 cm³/mol. The van der Waals surface area contributed by atoms with Gasteiger partial charge in [0.2, 0.25) is 5.91 Å². The van der Waals surface area contributed by atoms with Crippen LogP contribution in [0.5, 0.6) is 0 Å². The lowest BCUT2D eigenvalue weighted by Gasteiger charge is -2.34. The lowest BCUT2D eigenvalue weighted by Crippen LogP contribution is -2.46. The standard InChI is InChI=1S/C14H21N3O3/c1-9-4-3-5-11(10(9)2)15-13(19)8-17-14(20)7-6-12(18)16-17/h6-7,9-11H,3-5,8H2,1-2H3,(H,15,19)(H,16,18). The van der Waals surface area contributed by atoms with Gasteiger partial charge in [0.05, 0.1) is 0 Å². The van der Waals surface area contributed by atoms with Gasteiger partial charge in [0.15, 0.2) is 0 Å². The van der Waals surface area contributed by atoms with Crippen LogP contribution in [0.2, 0.25) is 0 Å². The molecule has 3 atom stereocenters. The summed E-state index contributed by atoms with van der Waals surface area (Å²) < 4.78 is 1.04. The van der Waals surface area contributed by atoms with E-state index in [9.17, 15) is 14.4 Å². The molecular weight excluding hydrogens is 258 g/mol. The summed E-state index contributed by atoms with van der Waals surface area (Å²) >= 11 is 0. The van der Waals surface area contributed by atoms with E-state index in [1.807, 2.05) is 0 Å². The molecule has 2 rings (SSSR count). The Kier molecular flexibility index (Phi) is 4.42. The van der Waals surface area contributed by atoms with Crippen LogP contribution >= 0.6 is 0 Å². The number of nitrogens with one attached hydrogen (secondary N) is 2. The number of H-pyrrole nitrogens is 1. The zero-order chi connectivity index (χ0) is 14.7. The zero-order valence-corrected chi connectivity index (χ0v) is 11.9. The first-order valence-electron chi connectivity index (χ1n) is 7.07. The summed E-state index contributed by atoms with van der Waals surface area (Å²) in [5.41, 5.74) is -0.776. The highest BCUT2D eigenvalue weighted by Gasteiger charge is 2.28. The van der Waals surface area contributed by atoms with Crippen molar-refractivity contribution in [1.82, 2.24) is 15.1 Å². The van der Waals surface area contributed by atoms with Crippen LogP contribution in [0.25, 0.3) is 0 Å². The topological polar surface area (TPSA) is 84.0 Å². The van der Waals surface area contributed by atoms with E-state index in [0.717, 1.165) is 29.7 Å². The fraction of sp³-hybridized carbons (Fsp3) is 0.643. The van der Waals surface area contributed by atoms with Crippen LogP contribution in [-0.2, 0) is 11.3 Å². The SMILES string of the molecule is CC1CCCC(NC(=O)Cn2[nH]c(=O)ccc2=O)C1C. The van der Waals surface area contributed by atoms with Gasteiger partial charge in [-0.3, -0.25) is 19.5 Å². The van der Waals surface area contributed by atoms with E-state index in [4.69, 9.17) is 0 Å². The van der Waals surface area contributed by atoms with Crippen LogP contribution in [0.4, 0.5) is 0 Å². The van der Waals surface area contributed by atoms with E-state index in [1.165, 1.54) is 6.42 Å². The minimum absolute atomic E-state index is 0.146. The molecule has 1 amide bonds. The molecular formula is C14H21N3O3.